The largest absolute Gasteiger partial charge is 0.450 e. The highest BCUT2D eigenvalue weighted by molar-refractivity contribution is 5.96. The number of aromatic nitrogens is 5. The lowest BCUT2D eigenvalue weighted by Crippen LogP contribution is -2.32. The van der Waals surface area contributed by atoms with Crippen molar-refractivity contribution in [3.8, 4) is 22.5 Å². The first-order chi connectivity index (χ1) is 17.6. The molecule has 0 bridgehead atoms. The standard InChI is InChI=1S/C26H29N7O3/c1-3-36-26(34)32-25-30-22-13-18(12-21(23(22)31-25)24-27-9-5-10-28-24)17-7-8-19(29-14-17)15-33-11-4-6-20(33)16-35-2/h5,7-10,12-14,20H,3-4,6,11,15-16H2,1-2H3,(H2,30,31,32,34)/t20-/m0/s1. The van der Waals surface area contributed by atoms with Gasteiger partial charge in [-0.3, -0.25) is 15.2 Å². The summed E-state index contributed by atoms with van der Waals surface area (Å²) in [5, 5.41) is 2.63. The molecule has 1 atom stereocenters. The van der Waals surface area contributed by atoms with Crippen molar-refractivity contribution in [1.82, 2.24) is 29.8 Å². The van der Waals surface area contributed by atoms with Gasteiger partial charge in [0.1, 0.15) is 0 Å². The molecule has 3 aromatic heterocycles. The number of fused-ring (bicyclic) bond motifs is 1. The van der Waals surface area contributed by atoms with Crippen LogP contribution in [0.5, 0.6) is 0 Å². The Morgan fingerprint density at radius 3 is 2.81 bits per heavy atom. The maximum Gasteiger partial charge on any atom is 0.413 e. The quantitative estimate of drug-likeness (QED) is 0.378. The van der Waals surface area contributed by atoms with E-state index in [0.29, 0.717) is 23.3 Å². The van der Waals surface area contributed by atoms with Crippen molar-refractivity contribution in [3.63, 3.8) is 0 Å². The van der Waals surface area contributed by atoms with Gasteiger partial charge in [-0.25, -0.2) is 19.7 Å². The second-order valence-corrected chi connectivity index (χ2v) is 8.68. The number of benzene rings is 1. The molecular weight excluding hydrogens is 458 g/mol. The zero-order valence-corrected chi connectivity index (χ0v) is 20.4. The van der Waals surface area contributed by atoms with E-state index in [1.54, 1.807) is 32.5 Å². The molecule has 1 aromatic carbocycles. The van der Waals surface area contributed by atoms with Gasteiger partial charge in [0, 0.05) is 49.4 Å². The smallest absolute Gasteiger partial charge is 0.413 e. The number of rotatable bonds is 8. The maximum atomic E-state index is 11.9. The van der Waals surface area contributed by atoms with Crippen LogP contribution in [0.3, 0.4) is 0 Å². The molecule has 1 aliphatic rings. The summed E-state index contributed by atoms with van der Waals surface area (Å²) in [5.74, 6) is 0.848. The van der Waals surface area contributed by atoms with E-state index in [-0.39, 0.29) is 6.61 Å². The Kier molecular flexibility index (Phi) is 7.15. The molecule has 186 valence electrons. The fourth-order valence-electron chi connectivity index (χ4n) is 4.60. The summed E-state index contributed by atoms with van der Waals surface area (Å²) in [6, 6.07) is 10.3. The van der Waals surface area contributed by atoms with Crippen LogP contribution in [0.1, 0.15) is 25.5 Å². The number of hydrogen-bond donors (Lipinski definition) is 2. The monoisotopic (exact) mass is 487 g/mol. The van der Waals surface area contributed by atoms with E-state index in [2.05, 4.69) is 42.3 Å². The number of aromatic amines is 1. The van der Waals surface area contributed by atoms with Gasteiger partial charge >= 0.3 is 6.09 Å². The number of imidazole rings is 1. The Labute approximate surface area is 209 Å². The van der Waals surface area contributed by atoms with Crippen LogP contribution in [0.25, 0.3) is 33.5 Å². The predicted octanol–water partition coefficient (Wildman–Crippen LogP) is 4.26. The van der Waals surface area contributed by atoms with Crippen LogP contribution in [-0.4, -0.2) is 68.8 Å². The molecule has 10 nitrogen and oxygen atoms in total. The van der Waals surface area contributed by atoms with Crippen LogP contribution < -0.4 is 5.32 Å². The molecule has 1 fully saturated rings. The van der Waals surface area contributed by atoms with Gasteiger partial charge in [-0.2, -0.15) is 0 Å². The Hall–Kier alpha value is -3.89. The molecule has 1 saturated heterocycles. The van der Waals surface area contributed by atoms with Gasteiger partial charge in [-0.15, -0.1) is 0 Å². The van der Waals surface area contributed by atoms with E-state index in [1.165, 1.54) is 6.42 Å². The van der Waals surface area contributed by atoms with Crippen molar-refractivity contribution >= 4 is 23.1 Å². The molecule has 5 rings (SSSR count). The molecule has 4 heterocycles. The van der Waals surface area contributed by atoms with Gasteiger partial charge in [0.05, 0.1) is 29.9 Å². The van der Waals surface area contributed by atoms with Crippen molar-refractivity contribution in [2.45, 2.75) is 32.4 Å². The Morgan fingerprint density at radius 1 is 1.19 bits per heavy atom. The van der Waals surface area contributed by atoms with Crippen LogP contribution in [0.2, 0.25) is 0 Å². The number of methoxy groups -OCH3 is 1. The molecule has 0 saturated carbocycles. The Morgan fingerprint density at radius 2 is 2.06 bits per heavy atom. The SMILES string of the molecule is CCOC(=O)Nc1nc2cc(-c3ccc(CN4CCC[C@H]4COC)nc3)cc(-c3ncccn3)c2[nH]1. The van der Waals surface area contributed by atoms with E-state index >= 15 is 0 Å². The number of carbonyl (C=O) groups excluding carboxylic acids is 1. The summed E-state index contributed by atoms with van der Waals surface area (Å²) >= 11 is 0. The summed E-state index contributed by atoms with van der Waals surface area (Å²) in [5.41, 5.74) is 5.07. The predicted molar refractivity (Wildman–Crippen MR) is 136 cm³/mol. The van der Waals surface area contributed by atoms with Crippen LogP contribution in [0, 0.1) is 0 Å². The molecule has 1 amide bonds. The van der Waals surface area contributed by atoms with Gasteiger partial charge in [-0.1, -0.05) is 6.07 Å². The average Bonchev–Trinajstić information content (AvgIpc) is 3.51. The first-order valence-corrected chi connectivity index (χ1v) is 12.1. The summed E-state index contributed by atoms with van der Waals surface area (Å²) in [4.78, 5) is 35.7. The van der Waals surface area contributed by atoms with Crippen LogP contribution in [-0.2, 0) is 16.0 Å². The number of H-pyrrole nitrogens is 1. The van der Waals surface area contributed by atoms with Gasteiger partial charge in [0.15, 0.2) is 5.82 Å². The highest BCUT2D eigenvalue weighted by atomic mass is 16.5. The average molecular weight is 488 g/mol. The molecule has 36 heavy (non-hydrogen) atoms. The summed E-state index contributed by atoms with van der Waals surface area (Å²) in [6.07, 6.45) is 7.05. The topological polar surface area (TPSA) is 118 Å². The lowest BCUT2D eigenvalue weighted by Gasteiger charge is -2.23. The number of amides is 1. The molecular formula is C26H29N7O3. The minimum Gasteiger partial charge on any atom is -0.450 e. The third-order valence-corrected chi connectivity index (χ3v) is 6.28. The van der Waals surface area contributed by atoms with E-state index in [4.69, 9.17) is 14.5 Å². The number of likely N-dealkylation sites (tertiary alicyclic amines) is 1. The highest BCUT2D eigenvalue weighted by Gasteiger charge is 2.24. The molecule has 1 aliphatic heterocycles. The zero-order valence-electron chi connectivity index (χ0n) is 20.4. The van der Waals surface area contributed by atoms with Gasteiger partial charge in [-0.05, 0) is 56.1 Å². The summed E-state index contributed by atoms with van der Waals surface area (Å²) in [6.45, 7) is 4.64. The minimum atomic E-state index is -0.570. The molecule has 2 N–H and O–H groups in total. The van der Waals surface area contributed by atoms with E-state index < -0.39 is 6.09 Å². The zero-order chi connectivity index (χ0) is 24.9. The van der Waals surface area contributed by atoms with E-state index in [0.717, 1.165) is 54.0 Å². The van der Waals surface area contributed by atoms with E-state index in [1.807, 2.05) is 18.3 Å². The molecule has 10 heteroatoms. The fourth-order valence-corrected chi connectivity index (χ4v) is 4.60. The molecule has 0 aliphatic carbocycles. The Balaban J connectivity index is 1.46. The Bertz CT molecular complexity index is 1320. The van der Waals surface area contributed by atoms with E-state index in [9.17, 15) is 4.79 Å². The van der Waals surface area contributed by atoms with Gasteiger partial charge < -0.3 is 14.5 Å². The van der Waals surface area contributed by atoms with Gasteiger partial charge in [0.2, 0.25) is 5.95 Å². The first-order valence-electron chi connectivity index (χ1n) is 12.1. The first kappa shape index (κ1) is 23.8. The second-order valence-electron chi connectivity index (χ2n) is 8.68. The highest BCUT2D eigenvalue weighted by Crippen LogP contribution is 2.32. The lowest BCUT2D eigenvalue weighted by molar-refractivity contribution is 0.111. The summed E-state index contributed by atoms with van der Waals surface area (Å²) < 4.78 is 10.4. The van der Waals surface area contributed by atoms with Crippen molar-refractivity contribution in [3.05, 3.63) is 54.6 Å². The molecule has 0 radical (unpaired) electrons. The molecule has 4 aromatic rings. The van der Waals surface area contributed by atoms with Gasteiger partial charge in [0.25, 0.3) is 0 Å². The van der Waals surface area contributed by atoms with Crippen molar-refractivity contribution in [1.29, 1.82) is 0 Å². The number of hydrogen-bond acceptors (Lipinski definition) is 8. The maximum absolute atomic E-state index is 11.9. The second kappa shape index (κ2) is 10.8. The number of ether oxygens (including phenoxy) is 2. The third kappa shape index (κ3) is 5.19. The van der Waals surface area contributed by atoms with Crippen molar-refractivity contribution < 1.29 is 14.3 Å². The number of nitrogens with one attached hydrogen (secondary N) is 2. The summed E-state index contributed by atoms with van der Waals surface area (Å²) in [7, 11) is 1.75. The number of nitrogens with zero attached hydrogens (tertiary/aromatic N) is 5. The van der Waals surface area contributed by atoms with Crippen LogP contribution in [0.4, 0.5) is 10.7 Å². The molecule has 0 spiro atoms. The van der Waals surface area contributed by atoms with Crippen molar-refractivity contribution in [2.75, 3.05) is 32.2 Å². The van der Waals surface area contributed by atoms with Crippen molar-refractivity contribution in [2.24, 2.45) is 0 Å². The van der Waals surface area contributed by atoms with Crippen LogP contribution in [0.15, 0.2) is 48.9 Å². The molecule has 0 unspecified atom stereocenters. The van der Waals surface area contributed by atoms with Crippen LogP contribution >= 0.6 is 0 Å². The normalized spacial score (nSPS) is 15.9. The third-order valence-electron chi connectivity index (χ3n) is 6.28. The number of anilines is 1. The number of carbonyl (C=O) groups is 1. The minimum absolute atomic E-state index is 0.271. The fraction of sp³-hybridized carbons (Fsp3) is 0.346. The number of pyridine rings is 1. The lowest BCUT2D eigenvalue weighted by atomic mass is 10.0.